The van der Waals surface area contributed by atoms with Gasteiger partial charge in [-0.05, 0) is 60.2 Å². The lowest BCUT2D eigenvalue weighted by atomic mass is 10.0. The van der Waals surface area contributed by atoms with Crippen LogP contribution in [0.1, 0.15) is 25.0 Å². The van der Waals surface area contributed by atoms with Crippen molar-refractivity contribution in [2.75, 3.05) is 10.8 Å². The third-order valence-corrected chi connectivity index (χ3v) is 7.13. The second kappa shape index (κ2) is 6.68. The third kappa shape index (κ3) is 3.62. The first-order valence-electron chi connectivity index (χ1n) is 8.36. The van der Waals surface area contributed by atoms with Gasteiger partial charge in [0.25, 0.3) is 10.0 Å². The Morgan fingerprint density at radius 3 is 2.19 bits per heavy atom. The van der Waals surface area contributed by atoms with Crippen LogP contribution in [0.15, 0.2) is 52.3 Å². The zero-order chi connectivity index (χ0) is 19.1. The molecular formula is C18H22N2O4S2. The molecule has 3 rings (SSSR count). The van der Waals surface area contributed by atoms with Crippen molar-refractivity contribution >= 4 is 25.7 Å². The number of benzene rings is 2. The molecule has 2 N–H and O–H groups in total. The molecule has 0 amide bonds. The third-order valence-electron chi connectivity index (χ3n) is 4.39. The molecule has 0 unspecified atom stereocenters. The second-order valence-corrected chi connectivity index (χ2v) is 10.3. The zero-order valence-electron chi connectivity index (χ0n) is 14.7. The van der Waals surface area contributed by atoms with Crippen LogP contribution < -0.4 is 9.44 Å². The van der Waals surface area contributed by atoms with Crippen molar-refractivity contribution in [1.82, 2.24) is 0 Å². The standard InChI is InChI=1S/C18H22N2O4S2/c1-13(2)11-14-3-5-16(6-4-14)26(23,24)20-10-9-15-12-17(25(19,21)22)7-8-18(15)20/h3-8,12-13H,9-11H2,1-2H3,(H2,19,21,22). The number of rotatable bonds is 5. The predicted octanol–water partition coefficient (Wildman–Crippen LogP) is 2.28. The minimum absolute atomic E-state index is 0.00598. The molecule has 0 saturated carbocycles. The number of sulfonamides is 2. The first-order valence-corrected chi connectivity index (χ1v) is 11.3. The Hall–Kier alpha value is -1.90. The Morgan fingerprint density at radius 2 is 1.62 bits per heavy atom. The molecule has 0 radical (unpaired) electrons. The van der Waals surface area contributed by atoms with Crippen LogP contribution in [0.5, 0.6) is 0 Å². The molecule has 2 aromatic carbocycles. The highest BCUT2D eigenvalue weighted by Crippen LogP contribution is 2.34. The molecular weight excluding hydrogens is 372 g/mol. The Morgan fingerprint density at radius 1 is 1.00 bits per heavy atom. The normalized spacial score (nSPS) is 14.7. The van der Waals surface area contributed by atoms with Crippen molar-refractivity contribution in [3.63, 3.8) is 0 Å². The van der Waals surface area contributed by atoms with Gasteiger partial charge in [-0.1, -0.05) is 26.0 Å². The summed E-state index contributed by atoms with van der Waals surface area (Å²) in [7, 11) is -7.51. The van der Waals surface area contributed by atoms with Crippen molar-refractivity contribution in [2.45, 2.75) is 36.5 Å². The first-order chi connectivity index (χ1) is 12.1. The van der Waals surface area contributed by atoms with Gasteiger partial charge in [-0.15, -0.1) is 0 Å². The number of nitrogens with zero attached hydrogens (tertiary/aromatic N) is 1. The summed E-state index contributed by atoms with van der Waals surface area (Å²) >= 11 is 0. The van der Waals surface area contributed by atoms with Gasteiger partial charge in [0.05, 0.1) is 15.5 Å². The SMILES string of the molecule is CC(C)Cc1ccc(S(=O)(=O)N2CCc3cc(S(N)(=O)=O)ccc32)cc1. The minimum atomic E-state index is -3.81. The average molecular weight is 395 g/mol. The fraction of sp³-hybridized carbons (Fsp3) is 0.333. The Kier molecular flexibility index (Phi) is 4.85. The molecule has 0 aromatic heterocycles. The van der Waals surface area contributed by atoms with Crippen LogP contribution in [0.2, 0.25) is 0 Å². The molecule has 6 nitrogen and oxygen atoms in total. The lowest BCUT2D eigenvalue weighted by Gasteiger charge is -2.20. The van der Waals surface area contributed by atoms with Crippen LogP contribution in [0, 0.1) is 5.92 Å². The molecule has 0 spiro atoms. The molecule has 8 heteroatoms. The van der Waals surface area contributed by atoms with Gasteiger partial charge in [0.2, 0.25) is 10.0 Å². The molecule has 2 aromatic rings. The van der Waals surface area contributed by atoms with Gasteiger partial charge in [0, 0.05) is 6.54 Å². The van der Waals surface area contributed by atoms with Gasteiger partial charge in [-0.25, -0.2) is 22.0 Å². The quantitative estimate of drug-likeness (QED) is 0.841. The van der Waals surface area contributed by atoms with Crippen molar-refractivity contribution in [3.8, 4) is 0 Å². The first kappa shape index (κ1) is 18.9. The number of nitrogens with two attached hydrogens (primary N) is 1. The van der Waals surface area contributed by atoms with Crippen molar-refractivity contribution < 1.29 is 16.8 Å². The van der Waals surface area contributed by atoms with Crippen LogP contribution >= 0.6 is 0 Å². The van der Waals surface area contributed by atoms with E-state index in [1.165, 1.54) is 22.5 Å². The number of primary sulfonamides is 1. The molecule has 0 aliphatic carbocycles. The molecule has 140 valence electrons. The maximum absolute atomic E-state index is 13.0. The molecule has 0 fully saturated rings. The van der Waals surface area contributed by atoms with Crippen LogP contribution in [0.3, 0.4) is 0 Å². The predicted molar refractivity (Wildman–Crippen MR) is 101 cm³/mol. The molecule has 0 atom stereocenters. The summed E-state index contributed by atoms with van der Waals surface area (Å²) in [6.07, 6.45) is 1.34. The summed E-state index contributed by atoms with van der Waals surface area (Å²) in [5.74, 6) is 0.496. The van der Waals surface area contributed by atoms with Crippen LogP contribution in [-0.4, -0.2) is 23.4 Å². The Balaban J connectivity index is 1.93. The zero-order valence-corrected chi connectivity index (χ0v) is 16.3. The fourth-order valence-electron chi connectivity index (χ4n) is 3.17. The highest BCUT2D eigenvalue weighted by molar-refractivity contribution is 7.92. The van der Waals surface area contributed by atoms with Crippen LogP contribution in [-0.2, 0) is 32.9 Å². The summed E-state index contributed by atoms with van der Waals surface area (Å²) in [5, 5.41) is 5.15. The van der Waals surface area contributed by atoms with Gasteiger partial charge < -0.3 is 0 Å². The number of hydrogen-bond donors (Lipinski definition) is 1. The van der Waals surface area contributed by atoms with E-state index in [2.05, 4.69) is 13.8 Å². The van der Waals surface area contributed by atoms with Crippen molar-refractivity contribution in [1.29, 1.82) is 0 Å². The summed E-state index contributed by atoms with van der Waals surface area (Å²) in [6.45, 7) is 4.50. The van der Waals surface area contributed by atoms with Gasteiger partial charge >= 0.3 is 0 Å². The van der Waals surface area contributed by atoms with Crippen molar-refractivity contribution in [3.05, 3.63) is 53.6 Å². The van der Waals surface area contributed by atoms with Gasteiger partial charge in [-0.2, -0.15) is 0 Å². The van der Waals surface area contributed by atoms with E-state index in [0.717, 1.165) is 12.0 Å². The molecule has 1 heterocycles. The van der Waals surface area contributed by atoms with E-state index in [9.17, 15) is 16.8 Å². The summed E-state index contributed by atoms with van der Waals surface area (Å²) in [5.41, 5.74) is 2.26. The summed E-state index contributed by atoms with van der Waals surface area (Å²) < 4.78 is 50.3. The van der Waals surface area contributed by atoms with Gasteiger partial charge in [0.15, 0.2) is 0 Å². The highest BCUT2D eigenvalue weighted by atomic mass is 32.2. The average Bonchev–Trinajstić information content (AvgIpc) is 2.98. The van der Waals surface area contributed by atoms with E-state index in [0.29, 0.717) is 23.6 Å². The molecule has 0 saturated heterocycles. The lowest BCUT2D eigenvalue weighted by molar-refractivity contribution is 0.591. The van der Waals surface area contributed by atoms with Crippen molar-refractivity contribution in [2.24, 2.45) is 11.1 Å². The van der Waals surface area contributed by atoms with E-state index >= 15 is 0 Å². The number of anilines is 1. The van der Waals surface area contributed by atoms with E-state index in [-0.39, 0.29) is 16.3 Å². The van der Waals surface area contributed by atoms with Gasteiger partial charge in [0.1, 0.15) is 0 Å². The minimum Gasteiger partial charge on any atom is -0.266 e. The van der Waals surface area contributed by atoms with Crippen LogP contribution in [0.4, 0.5) is 5.69 Å². The van der Waals surface area contributed by atoms with E-state index < -0.39 is 20.0 Å². The number of hydrogen-bond acceptors (Lipinski definition) is 4. The highest BCUT2D eigenvalue weighted by Gasteiger charge is 2.31. The topological polar surface area (TPSA) is 97.5 Å². The molecule has 1 aliphatic heterocycles. The van der Waals surface area contributed by atoms with Gasteiger partial charge in [-0.3, -0.25) is 4.31 Å². The molecule has 0 bridgehead atoms. The smallest absolute Gasteiger partial charge is 0.264 e. The van der Waals surface area contributed by atoms with Crippen LogP contribution in [0.25, 0.3) is 0 Å². The van der Waals surface area contributed by atoms with E-state index in [4.69, 9.17) is 5.14 Å². The lowest BCUT2D eigenvalue weighted by Crippen LogP contribution is -2.29. The molecule has 1 aliphatic rings. The number of fused-ring (bicyclic) bond motifs is 1. The maximum atomic E-state index is 13.0. The molecule has 26 heavy (non-hydrogen) atoms. The van der Waals surface area contributed by atoms with E-state index in [1.807, 2.05) is 12.1 Å². The monoisotopic (exact) mass is 394 g/mol. The summed E-state index contributed by atoms with van der Waals surface area (Å²) in [6, 6.07) is 11.2. The fourth-order valence-corrected chi connectivity index (χ4v) is 5.24. The Labute approximate surface area is 154 Å². The second-order valence-electron chi connectivity index (χ2n) is 6.90. The summed E-state index contributed by atoms with van der Waals surface area (Å²) in [4.78, 5) is 0.224. The largest absolute Gasteiger partial charge is 0.266 e. The van der Waals surface area contributed by atoms with E-state index in [1.54, 1.807) is 12.1 Å². The maximum Gasteiger partial charge on any atom is 0.264 e. The Bertz CT molecular complexity index is 1030.